The van der Waals surface area contributed by atoms with Crippen LogP contribution in [0.4, 0.5) is 0 Å². The Bertz CT molecular complexity index is 171. The molecule has 1 saturated heterocycles. The summed E-state index contributed by atoms with van der Waals surface area (Å²) in [6.45, 7) is 7.61. The van der Waals surface area contributed by atoms with E-state index >= 15 is 0 Å². The Kier molecular flexibility index (Phi) is 3.83. The second kappa shape index (κ2) is 4.17. The summed E-state index contributed by atoms with van der Waals surface area (Å²) >= 11 is 7.24. The molecule has 0 amide bonds. The second-order valence-electron chi connectivity index (χ2n) is 3.71. The molecule has 0 aliphatic carbocycles. The van der Waals surface area contributed by atoms with Gasteiger partial charge in [0, 0.05) is 0 Å². The van der Waals surface area contributed by atoms with Crippen molar-refractivity contribution in [2.24, 2.45) is 0 Å². The maximum absolute atomic E-state index is 5.74. The highest BCUT2D eigenvalue weighted by atomic mass is 79.9. The lowest BCUT2D eigenvalue weighted by atomic mass is 9.97. The second-order valence-corrected chi connectivity index (χ2v) is 6.80. The van der Waals surface area contributed by atoms with Gasteiger partial charge in [-0.1, -0.05) is 38.8 Å². The van der Waals surface area contributed by atoms with Crippen molar-refractivity contribution in [1.29, 1.82) is 0 Å². The summed E-state index contributed by atoms with van der Waals surface area (Å²) < 4.78 is 11.3. The van der Waals surface area contributed by atoms with Gasteiger partial charge in [-0.3, -0.25) is 0 Å². The lowest BCUT2D eigenvalue weighted by Crippen LogP contribution is -2.53. The normalized spacial score (nSPS) is 24.7. The zero-order valence-electron chi connectivity index (χ0n) is 8.27. The van der Waals surface area contributed by atoms with Gasteiger partial charge in [0.25, 0.3) is 0 Å². The molecule has 0 bridgehead atoms. The van der Waals surface area contributed by atoms with E-state index < -0.39 is 5.79 Å². The van der Waals surface area contributed by atoms with Crippen molar-refractivity contribution in [1.82, 2.24) is 0 Å². The van der Waals surface area contributed by atoms with Crippen molar-refractivity contribution in [2.45, 2.75) is 42.1 Å². The fourth-order valence-electron chi connectivity index (χ4n) is 1.59. The minimum absolute atomic E-state index is 0.180. The summed E-state index contributed by atoms with van der Waals surface area (Å²) in [7, 11) is 0. The van der Waals surface area contributed by atoms with Gasteiger partial charge in [0.15, 0.2) is 5.79 Å². The van der Waals surface area contributed by atoms with E-state index in [0.717, 1.165) is 6.42 Å². The molecule has 1 unspecified atom stereocenters. The molecule has 0 saturated carbocycles. The van der Waals surface area contributed by atoms with E-state index in [2.05, 4.69) is 52.6 Å². The Balaban J connectivity index is 2.87. The van der Waals surface area contributed by atoms with E-state index in [4.69, 9.17) is 9.47 Å². The highest BCUT2D eigenvalue weighted by Crippen LogP contribution is 2.44. The minimum atomic E-state index is -0.526. The molecular formula is C9H16Br2O2. The van der Waals surface area contributed by atoms with Gasteiger partial charge in [-0.25, -0.2) is 0 Å². The van der Waals surface area contributed by atoms with Crippen LogP contribution in [0.1, 0.15) is 27.2 Å². The number of hydrogen-bond acceptors (Lipinski definition) is 2. The molecule has 13 heavy (non-hydrogen) atoms. The summed E-state index contributed by atoms with van der Waals surface area (Å²) in [4.78, 5) is 0.219. The van der Waals surface area contributed by atoms with Gasteiger partial charge < -0.3 is 9.47 Å². The van der Waals surface area contributed by atoms with Crippen molar-refractivity contribution >= 4 is 31.9 Å². The van der Waals surface area contributed by atoms with Gasteiger partial charge in [-0.15, -0.1) is 0 Å². The first-order valence-corrected chi connectivity index (χ1v) is 6.26. The first-order chi connectivity index (χ1) is 5.94. The average Bonchev–Trinajstić information content (AvgIpc) is 2.50. The molecule has 0 aromatic carbocycles. The molecule has 1 rings (SSSR count). The largest absolute Gasteiger partial charge is 0.345 e. The Morgan fingerprint density at radius 3 is 2.15 bits per heavy atom. The average molecular weight is 316 g/mol. The van der Waals surface area contributed by atoms with Crippen LogP contribution in [0.15, 0.2) is 0 Å². The number of ether oxygens (including phenoxy) is 2. The number of hydrogen-bond donors (Lipinski definition) is 0. The summed E-state index contributed by atoms with van der Waals surface area (Å²) in [5.41, 5.74) is 0. The van der Waals surface area contributed by atoms with E-state index in [1.807, 2.05) is 0 Å². The minimum Gasteiger partial charge on any atom is -0.345 e. The standard InChI is InChI=1S/C9H16Br2O2/c1-4-7(10)9(8(2,3)11)12-5-6-13-9/h7H,4-6H2,1-3H3. The fraction of sp³-hybridized carbons (Fsp3) is 1.00. The summed E-state index contributed by atoms with van der Waals surface area (Å²) in [5, 5.41) is 0. The Morgan fingerprint density at radius 2 is 1.85 bits per heavy atom. The summed E-state index contributed by atoms with van der Waals surface area (Å²) in [6, 6.07) is 0. The van der Waals surface area contributed by atoms with Gasteiger partial charge in [-0.2, -0.15) is 0 Å². The van der Waals surface area contributed by atoms with Crippen molar-refractivity contribution in [3.8, 4) is 0 Å². The molecule has 1 atom stereocenters. The highest BCUT2D eigenvalue weighted by Gasteiger charge is 2.53. The number of halogens is 2. The first kappa shape index (κ1) is 12.0. The molecule has 1 heterocycles. The van der Waals surface area contributed by atoms with Crippen LogP contribution in [0.3, 0.4) is 0 Å². The van der Waals surface area contributed by atoms with Crippen molar-refractivity contribution < 1.29 is 9.47 Å². The monoisotopic (exact) mass is 314 g/mol. The maximum atomic E-state index is 5.74. The number of rotatable bonds is 3. The molecule has 1 aliphatic rings. The van der Waals surface area contributed by atoms with Gasteiger partial charge in [-0.05, 0) is 20.3 Å². The van der Waals surface area contributed by atoms with Crippen LogP contribution in [0.2, 0.25) is 0 Å². The zero-order valence-corrected chi connectivity index (χ0v) is 11.4. The summed E-state index contributed by atoms with van der Waals surface area (Å²) in [6.07, 6.45) is 0.981. The molecule has 0 radical (unpaired) electrons. The SMILES string of the molecule is CCC(Br)C1(C(C)(C)Br)OCCO1. The first-order valence-electron chi connectivity index (χ1n) is 4.55. The molecule has 4 heteroatoms. The van der Waals surface area contributed by atoms with E-state index in [9.17, 15) is 0 Å². The Morgan fingerprint density at radius 1 is 1.38 bits per heavy atom. The quantitative estimate of drug-likeness (QED) is 0.745. The Hall–Kier alpha value is 0.880. The predicted octanol–water partition coefficient (Wildman–Crippen LogP) is 3.08. The van der Waals surface area contributed by atoms with Crippen LogP contribution in [-0.4, -0.2) is 28.2 Å². The molecule has 1 aliphatic heterocycles. The van der Waals surface area contributed by atoms with Crippen LogP contribution in [0.25, 0.3) is 0 Å². The predicted molar refractivity (Wildman–Crippen MR) is 60.6 cm³/mol. The van der Waals surface area contributed by atoms with Crippen LogP contribution in [-0.2, 0) is 9.47 Å². The lowest BCUT2D eigenvalue weighted by molar-refractivity contribution is -0.172. The van der Waals surface area contributed by atoms with Crippen LogP contribution < -0.4 is 0 Å². The van der Waals surface area contributed by atoms with Crippen LogP contribution in [0, 0.1) is 0 Å². The van der Waals surface area contributed by atoms with E-state index in [-0.39, 0.29) is 9.15 Å². The van der Waals surface area contributed by atoms with E-state index in [0.29, 0.717) is 13.2 Å². The zero-order chi connectivity index (χ0) is 10.1. The third kappa shape index (κ3) is 2.11. The molecule has 0 N–H and O–H groups in total. The molecule has 1 fully saturated rings. The molecule has 0 spiro atoms. The third-order valence-corrected chi connectivity index (χ3v) is 4.12. The van der Waals surface area contributed by atoms with E-state index in [1.54, 1.807) is 0 Å². The van der Waals surface area contributed by atoms with Crippen molar-refractivity contribution in [3.63, 3.8) is 0 Å². The van der Waals surface area contributed by atoms with E-state index in [1.165, 1.54) is 0 Å². The summed E-state index contributed by atoms with van der Waals surface area (Å²) in [5.74, 6) is -0.526. The fourth-order valence-corrected chi connectivity index (χ4v) is 3.24. The molecule has 0 aromatic heterocycles. The Labute approximate surface area is 96.6 Å². The highest BCUT2D eigenvalue weighted by molar-refractivity contribution is 9.10. The van der Waals surface area contributed by atoms with Gasteiger partial charge in [0.05, 0.1) is 22.4 Å². The van der Waals surface area contributed by atoms with Crippen molar-refractivity contribution in [2.75, 3.05) is 13.2 Å². The lowest BCUT2D eigenvalue weighted by Gasteiger charge is -2.41. The molecular weight excluding hydrogens is 300 g/mol. The topological polar surface area (TPSA) is 18.5 Å². The molecule has 2 nitrogen and oxygen atoms in total. The maximum Gasteiger partial charge on any atom is 0.195 e. The van der Waals surface area contributed by atoms with Crippen LogP contribution >= 0.6 is 31.9 Å². The van der Waals surface area contributed by atoms with Gasteiger partial charge >= 0.3 is 0 Å². The van der Waals surface area contributed by atoms with Crippen molar-refractivity contribution in [3.05, 3.63) is 0 Å². The molecule has 78 valence electrons. The van der Waals surface area contributed by atoms with Crippen LogP contribution in [0.5, 0.6) is 0 Å². The third-order valence-electron chi connectivity index (χ3n) is 2.32. The molecule has 0 aromatic rings. The number of alkyl halides is 2. The van der Waals surface area contributed by atoms with Gasteiger partial charge in [0.2, 0.25) is 0 Å². The smallest absolute Gasteiger partial charge is 0.195 e. The van der Waals surface area contributed by atoms with Gasteiger partial charge in [0.1, 0.15) is 0 Å².